The molecule has 3 N–H and O–H groups in total. The number of methoxy groups -OCH3 is 1. The summed E-state index contributed by atoms with van der Waals surface area (Å²) in [6, 6.07) is 7.56. The maximum absolute atomic E-state index is 11.8. The molecule has 0 saturated carbocycles. The molecule has 0 bridgehead atoms. The first-order valence-corrected chi connectivity index (χ1v) is 8.88. The van der Waals surface area contributed by atoms with Crippen molar-refractivity contribution >= 4 is 40.0 Å². The van der Waals surface area contributed by atoms with Crippen LogP contribution in [0.5, 0.6) is 5.75 Å². The Bertz CT molecular complexity index is 671. The Morgan fingerprint density at radius 1 is 1.35 bits per heavy atom. The summed E-state index contributed by atoms with van der Waals surface area (Å²) < 4.78 is 5.12. The Kier molecular flexibility index (Phi) is 6.42. The molecule has 0 radical (unpaired) electrons. The second-order valence-electron chi connectivity index (χ2n) is 4.58. The molecule has 2 amide bonds. The molecule has 0 fully saturated rings. The number of carbonyl (C=O) groups is 2. The van der Waals surface area contributed by atoms with E-state index in [-0.39, 0.29) is 17.6 Å². The molecule has 8 heteroatoms. The molecule has 2 aromatic rings. The number of rotatable bonds is 8. The van der Waals surface area contributed by atoms with Crippen LogP contribution in [0.1, 0.15) is 6.42 Å². The van der Waals surface area contributed by atoms with E-state index >= 15 is 0 Å². The predicted octanol–water partition coefficient (Wildman–Crippen LogP) is 2.37. The second kappa shape index (κ2) is 8.54. The lowest BCUT2D eigenvalue weighted by Crippen LogP contribution is -2.15. The van der Waals surface area contributed by atoms with Gasteiger partial charge >= 0.3 is 0 Å². The van der Waals surface area contributed by atoms with Crippen LogP contribution in [0.3, 0.4) is 0 Å². The number of nitrogens with zero attached hydrogens (tertiary/aromatic N) is 1. The fraction of sp³-hybridized carbons (Fsp3) is 0.267. The summed E-state index contributed by atoms with van der Waals surface area (Å²) in [5.41, 5.74) is 6.79. The molecule has 0 atom stereocenters. The van der Waals surface area contributed by atoms with Gasteiger partial charge in [-0.2, -0.15) is 11.8 Å². The van der Waals surface area contributed by atoms with Crippen LogP contribution < -0.4 is 15.8 Å². The third kappa shape index (κ3) is 5.57. The van der Waals surface area contributed by atoms with E-state index in [1.54, 1.807) is 7.11 Å². The number of thiazole rings is 1. The van der Waals surface area contributed by atoms with Crippen molar-refractivity contribution in [1.29, 1.82) is 0 Å². The summed E-state index contributed by atoms with van der Waals surface area (Å²) in [6.45, 7) is 0. The van der Waals surface area contributed by atoms with Crippen LogP contribution >= 0.6 is 23.1 Å². The van der Waals surface area contributed by atoms with Crippen LogP contribution in [-0.2, 0) is 9.59 Å². The largest absolute Gasteiger partial charge is 0.497 e. The van der Waals surface area contributed by atoms with Gasteiger partial charge in [-0.25, -0.2) is 4.98 Å². The highest BCUT2D eigenvalue weighted by atomic mass is 32.2. The Morgan fingerprint density at radius 3 is 2.74 bits per heavy atom. The number of primary amides is 1. The van der Waals surface area contributed by atoms with E-state index in [9.17, 15) is 9.59 Å². The number of anilines is 1. The highest BCUT2D eigenvalue weighted by Gasteiger charge is 2.08. The number of benzene rings is 1. The Labute approximate surface area is 142 Å². The number of nitrogens with two attached hydrogens (primary N) is 1. The summed E-state index contributed by atoms with van der Waals surface area (Å²) in [6.07, 6.45) is 0.315. The molecule has 0 aliphatic heterocycles. The van der Waals surface area contributed by atoms with Crippen molar-refractivity contribution in [3.05, 3.63) is 29.6 Å². The molecule has 0 saturated heterocycles. The molecule has 0 unspecified atom stereocenters. The number of hydrogen-bond donors (Lipinski definition) is 2. The van der Waals surface area contributed by atoms with Crippen LogP contribution in [0.4, 0.5) is 5.13 Å². The van der Waals surface area contributed by atoms with Gasteiger partial charge in [0.25, 0.3) is 0 Å². The topological polar surface area (TPSA) is 94.3 Å². The highest BCUT2D eigenvalue weighted by Crippen LogP contribution is 2.26. The van der Waals surface area contributed by atoms with Crippen LogP contribution in [0.15, 0.2) is 29.6 Å². The van der Waals surface area contributed by atoms with Gasteiger partial charge in [-0.05, 0) is 24.3 Å². The third-order valence-corrected chi connectivity index (χ3v) is 4.59. The minimum absolute atomic E-state index is 0.127. The molecule has 1 aromatic carbocycles. The van der Waals surface area contributed by atoms with Gasteiger partial charge < -0.3 is 15.8 Å². The van der Waals surface area contributed by atoms with Gasteiger partial charge in [0.1, 0.15) is 5.75 Å². The molecule has 1 heterocycles. The van der Waals surface area contributed by atoms with E-state index in [4.69, 9.17) is 10.5 Å². The van der Waals surface area contributed by atoms with E-state index in [0.29, 0.717) is 17.3 Å². The first-order valence-electron chi connectivity index (χ1n) is 6.84. The summed E-state index contributed by atoms with van der Waals surface area (Å²) >= 11 is 2.71. The minimum Gasteiger partial charge on any atom is -0.497 e. The van der Waals surface area contributed by atoms with E-state index in [0.717, 1.165) is 17.0 Å². The van der Waals surface area contributed by atoms with Crippen molar-refractivity contribution in [2.45, 2.75) is 6.42 Å². The van der Waals surface area contributed by atoms with E-state index < -0.39 is 0 Å². The number of thioether (sulfide) groups is 1. The number of carbonyl (C=O) groups excluding carboxylic acids is 2. The summed E-state index contributed by atoms with van der Waals surface area (Å²) in [5, 5.41) is 5.20. The number of ether oxygens (including phenoxy) is 1. The maximum Gasteiger partial charge on any atom is 0.227 e. The molecule has 23 heavy (non-hydrogen) atoms. The van der Waals surface area contributed by atoms with Crippen LogP contribution in [-0.4, -0.2) is 35.4 Å². The first-order chi connectivity index (χ1) is 11.1. The maximum atomic E-state index is 11.8. The van der Waals surface area contributed by atoms with Crippen molar-refractivity contribution in [3.63, 3.8) is 0 Å². The first kappa shape index (κ1) is 17.3. The molecule has 122 valence electrons. The van der Waals surface area contributed by atoms with Gasteiger partial charge in [0.2, 0.25) is 11.8 Å². The number of aromatic nitrogens is 1. The standard InChI is InChI=1S/C15H17N3O3S2/c1-21-11-4-2-10(3-5-11)12-8-23-15(17-12)18-14(20)6-7-22-9-13(16)19/h2-5,8H,6-7,9H2,1H3,(H2,16,19)(H,17,18,20). The Balaban J connectivity index is 1.86. The molecular weight excluding hydrogens is 334 g/mol. The van der Waals surface area contributed by atoms with E-state index in [1.807, 2.05) is 29.6 Å². The fourth-order valence-corrected chi connectivity index (χ4v) is 3.16. The molecule has 0 spiro atoms. The summed E-state index contributed by atoms with van der Waals surface area (Å²) in [4.78, 5) is 26.8. The van der Waals surface area contributed by atoms with Gasteiger partial charge in [0, 0.05) is 23.1 Å². The third-order valence-electron chi connectivity index (χ3n) is 2.85. The van der Waals surface area contributed by atoms with Crippen molar-refractivity contribution in [2.24, 2.45) is 5.73 Å². The van der Waals surface area contributed by atoms with Crippen molar-refractivity contribution in [3.8, 4) is 17.0 Å². The van der Waals surface area contributed by atoms with Gasteiger partial charge in [-0.15, -0.1) is 11.3 Å². The average Bonchev–Trinajstić information content (AvgIpc) is 3.00. The second-order valence-corrected chi connectivity index (χ2v) is 6.55. The molecule has 6 nitrogen and oxygen atoms in total. The van der Waals surface area contributed by atoms with Gasteiger partial charge in [0.15, 0.2) is 5.13 Å². The monoisotopic (exact) mass is 351 g/mol. The zero-order valence-corrected chi connectivity index (χ0v) is 14.2. The molecule has 0 aliphatic rings. The minimum atomic E-state index is -0.375. The zero-order chi connectivity index (χ0) is 16.7. The fourth-order valence-electron chi connectivity index (χ4n) is 1.74. The van der Waals surface area contributed by atoms with Gasteiger partial charge in [-0.3, -0.25) is 9.59 Å². The predicted molar refractivity (Wildman–Crippen MR) is 93.9 cm³/mol. The van der Waals surface area contributed by atoms with Crippen LogP contribution in [0, 0.1) is 0 Å². The van der Waals surface area contributed by atoms with E-state index in [2.05, 4.69) is 10.3 Å². The SMILES string of the molecule is COc1ccc(-c2csc(NC(=O)CCSCC(N)=O)n2)cc1. The Hall–Kier alpha value is -2.06. The average molecular weight is 351 g/mol. The van der Waals surface area contributed by atoms with Crippen LogP contribution in [0.2, 0.25) is 0 Å². The lowest BCUT2D eigenvalue weighted by molar-refractivity contribution is -0.116. The molecule has 0 aliphatic carbocycles. The number of amides is 2. The quantitative estimate of drug-likeness (QED) is 0.712. The van der Waals surface area contributed by atoms with Gasteiger partial charge in [-0.1, -0.05) is 0 Å². The highest BCUT2D eigenvalue weighted by molar-refractivity contribution is 7.99. The van der Waals surface area contributed by atoms with E-state index in [1.165, 1.54) is 23.1 Å². The molecule has 1 aromatic heterocycles. The number of hydrogen-bond acceptors (Lipinski definition) is 6. The van der Waals surface area contributed by atoms with Crippen molar-refractivity contribution in [2.75, 3.05) is 23.9 Å². The Morgan fingerprint density at radius 2 is 2.09 bits per heavy atom. The zero-order valence-electron chi connectivity index (χ0n) is 12.6. The van der Waals surface area contributed by atoms with Crippen LogP contribution in [0.25, 0.3) is 11.3 Å². The summed E-state index contributed by atoms with van der Waals surface area (Å²) in [5.74, 6) is 1.06. The smallest absolute Gasteiger partial charge is 0.227 e. The molecular formula is C15H17N3O3S2. The molecule has 2 rings (SSSR count). The summed E-state index contributed by atoms with van der Waals surface area (Å²) in [7, 11) is 1.62. The lowest BCUT2D eigenvalue weighted by atomic mass is 10.2. The number of nitrogens with one attached hydrogen (secondary N) is 1. The lowest BCUT2D eigenvalue weighted by Gasteiger charge is -2.02. The van der Waals surface area contributed by atoms with Gasteiger partial charge in [0.05, 0.1) is 18.6 Å². The van der Waals surface area contributed by atoms with Crippen molar-refractivity contribution < 1.29 is 14.3 Å². The normalized spacial score (nSPS) is 10.3. The van der Waals surface area contributed by atoms with Crippen molar-refractivity contribution in [1.82, 2.24) is 4.98 Å².